The number of hydrogen-bond donors (Lipinski definition) is 2. The van der Waals surface area contributed by atoms with E-state index in [9.17, 15) is 16.8 Å². The molecule has 27 heavy (non-hydrogen) atoms. The second-order valence-electron chi connectivity index (χ2n) is 7.54. The first-order chi connectivity index (χ1) is 12.4. The zero-order chi connectivity index (χ0) is 20.3. The molecule has 1 aromatic carbocycles. The molecule has 0 aromatic heterocycles. The topological polar surface area (TPSA) is 112 Å². The Bertz CT molecular complexity index is 852. The largest absolute Gasteiger partial charge is 0.368 e. The first kappa shape index (κ1) is 22.1. The first-order valence-corrected chi connectivity index (χ1v) is 12.4. The van der Waals surface area contributed by atoms with Gasteiger partial charge in [0.1, 0.15) is 0 Å². The fourth-order valence-corrected chi connectivity index (χ4v) is 5.12. The van der Waals surface area contributed by atoms with E-state index in [1.54, 1.807) is 0 Å². The van der Waals surface area contributed by atoms with Gasteiger partial charge < -0.3 is 4.90 Å². The highest BCUT2D eigenvalue weighted by Crippen LogP contribution is 2.48. The minimum atomic E-state index is -3.93. The van der Waals surface area contributed by atoms with Crippen LogP contribution in [0.4, 0.5) is 5.69 Å². The van der Waals surface area contributed by atoms with E-state index in [0.29, 0.717) is 32.2 Å². The Morgan fingerprint density at radius 2 is 1.52 bits per heavy atom. The van der Waals surface area contributed by atoms with Gasteiger partial charge >= 0.3 is 0 Å². The van der Waals surface area contributed by atoms with E-state index in [1.807, 2.05) is 12.1 Å². The predicted octanol–water partition coefficient (Wildman–Crippen LogP) is 2.88. The number of nitrogens with zero attached hydrogens (tertiary/aromatic N) is 1. The lowest BCUT2D eigenvalue weighted by atomic mass is 9.75. The summed E-state index contributed by atoms with van der Waals surface area (Å²) >= 11 is 0. The Balaban J connectivity index is 2.06. The van der Waals surface area contributed by atoms with Gasteiger partial charge in [-0.25, -0.2) is 0 Å². The molecular formula is C18H29NO6S2. The van der Waals surface area contributed by atoms with Crippen molar-refractivity contribution in [3.8, 4) is 0 Å². The zero-order valence-corrected chi connectivity index (χ0v) is 17.5. The van der Waals surface area contributed by atoms with Crippen LogP contribution in [0.5, 0.6) is 0 Å². The van der Waals surface area contributed by atoms with Crippen LogP contribution >= 0.6 is 0 Å². The minimum Gasteiger partial charge on any atom is -0.368 e. The molecule has 2 N–H and O–H groups in total. The SMILES string of the molecule is CC1N(CCCCS(=O)(=O)O)c2ccccc2C1(C)CCCCS(=O)(=O)O. The third kappa shape index (κ3) is 5.91. The van der Waals surface area contributed by atoms with Crippen LogP contribution in [0.3, 0.4) is 0 Å². The minimum absolute atomic E-state index is 0.154. The maximum absolute atomic E-state index is 10.9. The number of rotatable bonds is 10. The van der Waals surface area contributed by atoms with Gasteiger partial charge in [0.05, 0.1) is 11.5 Å². The monoisotopic (exact) mass is 419 g/mol. The van der Waals surface area contributed by atoms with E-state index in [0.717, 1.165) is 12.1 Å². The molecule has 7 nitrogen and oxygen atoms in total. The van der Waals surface area contributed by atoms with Crippen LogP contribution in [0.25, 0.3) is 0 Å². The molecule has 1 aromatic rings. The van der Waals surface area contributed by atoms with E-state index in [-0.39, 0.29) is 23.0 Å². The van der Waals surface area contributed by atoms with Crippen LogP contribution in [0.1, 0.15) is 51.5 Å². The quantitative estimate of drug-likeness (QED) is 0.443. The van der Waals surface area contributed by atoms with Gasteiger partial charge in [-0.2, -0.15) is 16.8 Å². The second-order valence-corrected chi connectivity index (χ2v) is 10.7. The standard InChI is InChI=1S/C18H29NO6S2/c1-15-18(2,11-5-7-13-26(20,21)22)16-9-3-4-10-17(16)19(15)12-6-8-14-27(23,24)25/h3-4,9-10,15H,5-8,11-14H2,1-2H3,(H,20,21,22)(H,23,24,25). The van der Waals surface area contributed by atoms with Gasteiger partial charge in [0.25, 0.3) is 20.2 Å². The van der Waals surface area contributed by atoms with E-state index in [1.165, 1.54) is 5.56 Å². The summed E-state index contributed by atoms with van der Waals surface area (Å²) in [5, 5.41) is 0. The number of unbranched alkanes of at least 4 members (excludes halogenated alkanes) is 2. The van der Waals surface area contributed by atoms with Crippen molar-refractivity contribution in [2.24, 2.45) is 0 Å². The summed E-state index contributed by atoms with van der Waals surface area (Å²) in [5.41, 5.74) is 2.17. The van der Waals surface area contributed by atoms with Crippen molar-refractivity contribution in [2.45, 2.75) is 57.4 Å². The fraction of sp³-hybridized carbons (Fsp3) is 0.667. The molecule has 2 atom stereocenters. The van der Waals surface area contributed by atoms with Crippen LogP contribution in [0, 0.1) is 0 Å². The van der Waals surface area contributed by atoms with Crippen molar-refractivity contribution in [1.82, 2.24) is 0 Å². The maximum atomic E-state index is 10.9. The van der Waals surface area contributed by atoms with E-state index >= 15 is 0 Å². The molecule has 0 spiro atoms. The van der Waals surface area contributed by atoms with Gasteiger partial charge in [0, 0.05) is 23.7 Å². The molecule has 0 amide bonds. The maximum Gasteiger partial charge on any atom is 0.264 e. The highest BCUT2D eigenvalue weighted by Gasteiger charge is 2.44. The van der Waals surface area contributed by atoms with Gasteiger partial charge in [0.2, 0.25) is 0 Å². The van der Waals surface area contributed by atoms with Crippen LogP contribution in [-0.2, 0) is 25.7 Å². The molecule has 0 aliphatic carbocycles. The Labute approximate surface area is 162 Å². The lowest BCUT2D eigenvalue weighted by Crippen LogP contribution is -2.41. The summed E-state index contributed by atoms with van der Waals surface area (Å²) in [6.07, 6.45) is 2.94. The van der Waals surface area contributed by atoms with Gasteiger partial charge in [-0.1, -0.05) is 31.5 Å². The predicted molar refractivity (Wildman–Crippen MR) is 107 cm³/mol. The zero-order valence-electron chi connectivity index (χ0n) is 15.8. The summed E-state index contributed by atoms with van der Waals surface area (Å²) in [5.74, 6) is -0.456. The molecule has 2 unspecified atom stereocenters. The van der Waals surface area contributed by atoms with Crippen LogP contribution in [0.2, 0.25) is 0 Å². The normalized spacial score (nSPS) is 22.8. The molecule has 1 aliphatic rings. The molecule has 154 valence electrons. The van der Waals surface area contributed by atoms with Crippen molar-refractivity contribution >= 4 is 25.9 Å². The van der Waals surface area contributed by atoms with Crippen LogP contribution in [-0.4, -0.2) is 50.0 Å². The number of benzene rings is 1. The highest BCUT2D eigenvalue weighted by molar-refractivity contribution is 7.86. The number of para-hydroxylation sites is 1. The summed E-state index contributed by atoms with van der Waals surface area (Å²) in [7, 11) is -7.86. The smallest absolute Gasteiger partial charge is 0.264 e. The average Bonchev–Trinajstić information content (AvgIpc) is 2.76. The summed E-state index contributed by atoms with van der Waals surface area (Å²) in [4.78, 5) is 2.27. The molecule has 0 bridgehead atoms. The Hall–Kier alpha value is -1.16. The Morgan fingerprint density at radius 1 is 0.963 bits per heavy atom. The molecule has 0 saturated heterocycles. The third-order valence-electron chi connectivity index (χ3n) is 5.62. The van der Waals surface area contributed by atoms with Crippen molar-refractivity contribution in [3.05, 3.63) is 29.8 Å². The van der Waals surface area contributed by atoms with Gasteiger partial charge in [-0.3, -0.25) is 9.11 Å². The van der Waals surface area contributed by atoms with Crippen molar-refractivity contribution in [3.63, 3.8) is 0 Å². The molecule has 1 heterocycles. The third-order valence-corrected chi connectivity index (χ3v) is 7.23. The van der Waals surface area contributed by atoms with E-state index in [2.05, 4.69) is 30.9 Å². The van der Waals surface area contributed by atoms with E-state index < -0.39 is 20.2 Å². The first-order valence-electron chi connectivity index (χ1n) is 9.20. The van der Waals surface area contributed by atoms with Crippen molar-refractivity contribution in [1.29, 1.82) is 0 Å². The number of anilines is 1. The molecule has 2 rings (SSSR count). The lowest BCUT2D eigenvalue weighted by Gasteiger charge is -2.34. The molecule has 0 fully saturated rings. The van der Waals surface area contributed by atoms with E-state index in [4.69, 9.17) is 9.11 Å². The van der Waals surface area contributed by atoms with Crippen LogP contribution in [0.15, 0.2) is 24.3 Å². The number of hydrogen-bond acceptors (Lipinski definition) is 5. The van der Waals surface area contributed by atoms with Crippen molar-refractivity contribution in [2.75, 3.05) is 23.0 Å². The highest BCUT2D eigenvalue weighted by atomic mass is 32.2. The van der Waals surface area contributed by atoms with Gasteiger partial charge in [-0.05, 0) is 44.2 Å². The summed E-state index contributed by atoms with van der Waals surface area (Å²) in [6, 6.07) is 8.28. The van der Waals surface area contributed by atoms with Gasteiger partial charge in [-0.15, -0.1) is 0 Å². The second kappa shape index (κ2) is 8.46. The average molecular weight is 420 g/mol. The Kier molecular flexibility index (Phi) is 6.94. The summed E-state index contributed by atoms with van der Waals surface area (Å²) < 4.78 is 61.4. The molecule has 0 radical (unpaired) electrons. The van der Waals surface area contributed by atoms with Crippen molar-refractivity contribution < 1.29 is 25.9 Å². The molecule has 1 aliphatic heterocycles. The Morgan fingerprint density at radius 3 is 2.11 bits per heavy atom. The lowest BCUT2D eigenvalue weighted by molar-refractivity contribution is 0.362. The summed E-state index contributed by atoms with van der Waals surface area (Å²) in [6.45, 7) is 4.99. The van der Waals surface area contributed by atoms with Gasteiger partial charge in [0.15, 0.2) is 0 Å². The van der Waals surface area contributed by atoms with Crippen LogP contribution < -0.4 is 4.90 Å². The molecular weight excluding hydrogens is 390 g/mol. The molecule has 9 heteroatoms. The fourth-order valence-electron chi connectivity index (χ4n) is 3.99. The number of fused-ring (bicyclic) bond motifs is 1. The molecule has 0 saturated carbocycles.